The highest BCUT2D eigenvalue weighted by molar-refractivity contribution is 7.47. The molecule has 0 saturated carbocycles. The molecular formula is C65H87N8O29P. The number of fused-ring (bicyclic) bond motifs is 6. The van der Waals surface area contributed by atoms with E-state index >= 15 is 0 Å². The van der Waals surface area contributed by atoms with E-state index < -0.39 is 173 Å². The second kappa shape index (κ2) is 35.6. The molecule has 37 nitrogen and oxygen atoms in total. The molecule has 38 heteroatoms. The summed E-state index contributed by atoms with van der Waals surface area (Å²) in [5.74, 6) is -7.19. The molecule has 3 saturated heterocycles. The second-order valence-electron chi connectivity index (χ2n) is 25.4. The molecule has 3 aromatic carbocycles. The highest BCUT2D eigenvalue weighted by Gasteiger charge is 2.59. The number of carbonyl (C=O) groups excluding carboxylic acids is 6. The first-order chi connectivity index (χ1) is 49.2. The maximum Gasteiger partial charge on any atom is 0.474 e. The number of aliphatic hydroxyl groups is 6. The molecule has 1 aromatic heterocycles. The maximum atomic E-state index is 14.0. The Labute approximate surface area is 588 Å². The van der Waals surface area contributed by atoms with Crippen LogP contribution in [0.2, 0.25) is 0 Å². The van der Waals surface area contributed by atoms with Gasteiger partial charge >= 0.3 is 31.9 Å². The van der Waals surface area contributed by atoms with E-state index in [1.54, 1.807) is 0 Å². The average molecular weight is 1480 g/mol. The third-order valence-corrected chi connectivity index (χ3v) is 19.0. The molecule has 1 spiro atoms. The summed E-state index contributed by atoms with van der Waals surface area (Å²) in [6.45, 7) is -0.601. The van der Waals surface area contributed by atoms with E-state index in [1.807, 2.05) is 0 Å². The van der Waals surface area contributed by atoms with Gasteiger partial charge in [-0.1, -0.05) is 102 Å². The first-order valence-corrected chi connectivity index (χ1v) is 35.1. The van der Waals surface area contributed by atoms with Gasteiger partial charge in [0.1, 0.15) is 65.2 Å². The highest BCUT2D eigenvalue weighted by Crippen LogP contribution is 2.57. The number of aromatic nitrogens is 3. The third-order valence-electron chi connectivity index (χ3n) is 18.0. The number of amides is 5. The van der Waals surface area contributed by atoms with E-state index in [0.29, 0.717) is 34.2 Å². The largest absolute Gasteiger partial charge is 0.508 e. The number of carboxylic acids is 1. The van der Waals surface area contributed by atoms with E-state index in [-0.39, 0.29) is 53.0 Å². The van der Waals surface area contributed by atoms with Crippen molar-refractivity contribution in [2.45, 2.75) is 208 Å². The summed E-state index contributed by atoms with van der Waals surface area (Å²) in [6.07, 6.45) is -13.8. The number of rotatable bonds is 35. The molecule has 103 heavy (non-hydrogen) atoms. The molecule has 5 aliphatic heterocycles. The summed E-state index contributed by atoms with van der Waals surface area (Å²) < 4.78 is 76.4. The van der Waals surface area contributed by atoms with Crippen LogP contribution in [0, 0.1) is 5.92 Å². The number of hydrogen-bond acceptors (Lipinski definition) is 29. The monoisotopic (exact) mass is 1470 g/mol. The molecule has 9 rings (SSSR count). The number of unbranched alkanes of at least 4 members (excludes halogenated alkanes) is 13. The zero-order chi connectivity index (χ0) is 74.4. The molecule has 0 aliphatic carbocycles. The first kappa shape index (κ1) is 79.0. The van der Waals surface area contributed by atoms with Gasteiger partial charge in [0.05, 0.1) is 50.1 Å². The number of phosphoric ester groups is 1. The zero-order valence-corrected chi connectivity index (χ0v) is 57.0. The Kier molecular flexibility index (Phi) is 27.3. The fourth-order valence-electron chi connectivity index (χ4n) is 12.8. The first-order valence-electron chi connectivity index (χ1n) is 33.7. The number of nitrogens with one attached hydrogen (secondary N) is 3. The van der Waals surface area contributed by atoms with Crippen LogP contribution in [0.25, 0.3) is 0 Å². The molecule has 4 aromatic rings. The minimum Gasteiger partial charge on any atom is -0.508 e. The lowest BCUT2D eigenvalue weighted by molar-refractivity contribution is -0.365. The fourth-order valence-corrected chi connectivity index (χ4v) is 13.7. The molecule has 5 amide bonds. The van der Waals surface area contributed by atoms with Crippen LogP contribution in [0.4, 0.5) is 9.59 Å². The Morgan fingerprint density at radius 2 is 1.31 bits per heavy atom. The van der Waals surface area contributed by atoms with Gasteiger partial charge in [-0.05, 0) is 42.8 Å². The van der Waals surface area contributed by atoms with Crippen molar-refractivity contribution >= 4 is 49.6 Å². The third kappa shape index (κ3) is 19.1. The smallest absolute Gasteiger partial charge is 0.474 e. The lowest BCUT2D eigenvalue weighted by Crippen LogP contribution is -2.70. The van der Waals surface area contributed by atoms with E-state index in [9.17, 15) is 89.0 Å². The van der Waals surface area contributed by atoms with Gasteiger partial charge < -0.3 is 121 Å². The molecule has 1 unspecified atom stereocenters. The number of aliphatic hydroxyl groups excluding tert-OH is 6. The number of aliphatic carboxylic acids is 1. The van der Waals surface area contributed by atoms with Crippen LogP contribution in [-0.4, -0.2) is 226 Å². The summed E-state index contributed by atoms with van der Waals surface area (Å²) >= 11 is 0. The Morgan fingerprint density at radius 1 is 0.718 bits per heavy atom. The summed E-state index contributed by atoms with van der Waals surface area (Å²) in [5.41, 5.74) is 10.2. The molecule has 0 bridgehead atoms. The van der Waals surface area contributed by atoms with Gasteiger partial charge in [-0.15, -0.1) is 5.10 Å². The van der Waals surface area contributed by atoms with Crippen molar-refractivity contribution < 1.29 is 141 Å². The van der Waals surface area contributed by atoms with Gasteiger partial charge in [0.25, 0.3) is 5.91 Å². The Hall–Kier alpha value is -8.08. The summed E-state index contributed by atoms with van der Waals surface area (Å²) in [4.78, 5) is 103. The number of phenolic OH excluding ortho intramolecular Hbond substituents is 2. The number of carbonyl (C=O) groups is 7. The Balaban J connectivity index is 0.846. The van der Waals surface area contributed by atoms with Gasteiger partial charge in [0, 0.05) is 47.9 Å². The normalized spacial score (nSPS) is 27.0. The molecule has 6 heterocycles. The van der Waals surface area contributed by atoms with Crippen molar-refractivity contribution in [2.24, 2.45) is 17.4 Å². The minimum atomic E-state index is -5.67. The minimum absolute atomic E-state index is 0.000308. The summed E-state index contributed by atoms with van der Waals surface area (Å²) in [6, 6.07) is 7.60. The van der Waals surface area contributed by atoms with Gasteiger partial charge in [-0.3, -0.25) is 23.4 Å². The van der Waals surface area contributed by atoms with Gasteiger partial charge in [-0.25, -0.2) is 23.7 Å². The molecular weight excluding hydrogens is 1390 g/mol. The summed E-state index contributed by atoms with van der Waals surface area (Å²) in [7, 11) is -5.67. The zero-order valence-electron chi connectivity index (χ0n) is 56.1. The van der Waals surface area contributed by atoms with Crippen LogP contribution in [-0.2, 0) is 78.0 Å². The van der Waals surface area contributed by atoms with Crippen molar-refractivity contribution in [3.05, 3.63) is 94.3 Å². The van der Waals surface area contributed by atoms with E-state index in [2.05, 4.69) is 33.2 Å². The number of benzene rings is 3. The number of phosphoric acid groups is 1. The van der Waals surface area contributed by atoms with Crippen molar-refractivity contribution in [2.75, 3.05) is 26.4 Å². The molecule has 0 radical (unpaired) electrons. The van der Waals surface area contributed by atoms with Crippen molar-refractivity contribution in [3.63, 3.8) is 0 Å². The van der Waals surface area contributed by atoms with Crippen LogP contribution in [0.15, 0.2) is 60.8 Å². The van der Waals surface area contributed by atoms with Crippen LogP contribution < -0.4 is 32.2 Å². The van der Waals surface area contributed by atoms with E-state index in [1.165, 1.54) is 99.5 Å². The van der Waals surface area contributed by atoms with Crippen molar-refractivity contribution in [1.82, 2.24) is 30.9 Å². The number of ether oxygens (including phenoxy) is 9. The van der Waals surface area contributed by atoms with Crippen molar-refractivity contribution in [3.8, 4) is 23.0 Å². The van der Waals surface area contributed by atoms with Crippen molar-refractivity contribution in [1.29, 1.82) is 0 Å². The fraction of sp³-hybridized carbons (Fsp3) is 0.585. The number of primary amides is 2. The number of hydrogen-bond donors (Lipinski definition) is 15. The Morgan fingerprint density at radius 3 is 1.89 bits per heavy atom. The standard InChI is InChI=1S/C65H87N8O29P/c1-3-4-5-6-7-8-9-10-11-12-13-14-15-16-23-92-45(57(84)85)31-93-103(90,91)102-62-54(52(99-63(67)88)50(81)53(97-62)55(66)82)98-60-47(69-32(2)76)49(80)51(44(30-75)95-60)96-61-46(48(79)38(29-74)58(86)100-61)70-64(89)73-28-34(71-72-73)27-68-56(83)33-17-20-39-37(24-33)59(87)101-65(39)40-21-18-35(77)25-42(40)94-43-26-36(78)19-22-41(43)65/h17-22,24-26,28,38,44-54,58,60-62,74-75,77-81,86H,3-16,23,27,29-31H2,1-2H3,(H2,66,82)(H2,67,88)(H,68,83)(H,69,76)(H,70,89)(H,84,85)(H,90,91)/t38-,44+,45+,46-,47+,48+,49+,50-,51+,52-,53-,54+,58+,60-,61-,62+/m1/s1. The predicted octanol–water partition coefficient (Wildman–Crippen LogP) is 1.23. The molecule has 5 aliphatic rings. The number of phenols is 2. The topological polar surface area (TPSA) is 559 Å². The van der Waals surface area contributed by atoms with Crippen LogP contribution in [0.3, 0.4) is 0 Å². The van der Waals surface area contributed by atoms with Crippen LogP contribution >= 0.6 is 7.82 Å². The molecule has 566 valence electrons. The second-order valence-corrected chi connectivity index (χ2v) is 26.8. The SMILES string of the molecule is CCCCCCCCCCCCCCCCO[C@@H](COP(=O)(O)O[C@@H]1O[C@@H](C(N)=O)[C@H](O)[C@@H](OC(N)=O)[C@@H]1O[C@H]1O[C@@H](CO)[C@H](O[C@@H]2O[C@H](O)[C@H](CO)[C@H](O)[C@H]2NC(=O)n2cc(CNC(=O)c3ccc4c(c3)C(=O)OC43c4ccc(O)cc4Oc4cc(O)ccc43)nn2)[C@@H](O)[C@@H]1NC(C)=O)C(=O)O. The lowest BCUT2D eigenvalue weighted by Gasteiger charge is -2.49. The molecule has 17 N–H and O–H groups in total. The number of nitrogens with zero attached hydrogens (tertiary/aromatic N) is 3. The van der Waals surface area contributed by atoms with E-state index in [4.69, 9.17) is 63.1 Å². The number of nitrogens with two attached hydrogens (primary N) is 2. The molecule has 3 fully saturated rings. The van der Waals surface area contributed by atoms with Gasteiger partial charge in [0.15, 0.2) is 55.2 Å². The van der Waals surface area contributed by atoms with Gasteiger partial charge in [0.2, 0.25) is 11.8 Å². The predicted molar refractivity (Wildman–Crippen MR) is 346 cm³/mol. The quantitative estimate of drug-likeness (QED) is 0.0175. The lowest BCUT2D eigenvalue weighted by atomic mass is 9.77. The average Bonchev–Trinajstić information content (AvgIpc) is 1.59. The van der Waals surface area contributed by atoms with E-state index in [0.717, 1.165) is 45.2 Å². The highest BCUT2D eigenvalue weighted by atomic mass is 31.2. The number of esters is 1. The van der Waals surface area contributed by atoms with Crippen LogP contribution in [0.5, 0.6) is 23.0 Å². The maximum absolute atomic E-state index is 14.0. The molecule has 17 atom stereocenters. The van der Waals surface area contributed by atoms with Gasteiger partial charge in [-0.2, -0.15) is 4.68 Å². The number of carboxylic acid groups (broad SMARTS) is 1. The summed E-state index contributed by atoms with van der Waals surface area (Å²) in [5, 5.41) is 113. The van der Waals surface area contributed by atoms with Crippen LogP contribution in [0.1, 0.15) is 147 Å². The Bertz CT molecular complexity index is 3630. The number of aromatic hydroxyl groups is 2.